The van der Waals surface area contributed by atoms with Gasteiger partial charge in [0.05, 0.1) is 5.56 Å². The van der Waals surface area contributed by atoms with Crippen molar-refractivity contribution in [2.45, 2.75) is 6.61 Å². The first kappa shape index (κ1) is 12.0. The Hall–Kier alpha value is -2.42. The standard InChI is InChI=1S/C15H13NO2/c1-2-12-3-5-13(6-4-12)11-18-15(17)14-7-9-16-10-8-14/h2-10H,1,11H2. The lowest BCUT2D eigenvalue weighted by Crippen LogP contribution is -2.05. The molecule has 3 nitrogen and oxygen atoms in total. The van der Waals surface area contributed by atoms with Gasteiger partial charge >= 0.3 is 5.97 Å². The topological polar surface area (TPSA) is 39.2 Å². The van der Waals surface area contributed by atoms with Gasteiger partial charge in [0, 0.05) is 12.4 Å². The van der Waals surface area contributed by atoms with Gasteiger partial charge in [-0.1, -0.05) is 36.9 Å². The van der Waals surface area contributed by atoms with Crippen molar-refractivity contribution in [3.63, 3.8) is 0 Å². The number of hydrogen-bond acceptors (Lipinski definition) is 3. The Balaban J connectivity index is 1.95. The van der Waals surface area contributed by atoms with Crippen molar-refractivity contribution in [2.75, 3.05) is 0 Å². The highest BCUT2D eigenvalue weighted by atomic mass is 16.5. The summed E-state index contributed by atoms with van der Waals surface area (Å²) in [5, 5.41) is 0. The molecule has 0 spiro atoms. The van der Waals surface area contributed by atoms with Crippen molar-refractivity contribution >= 4 is 12.0 Å². The molecule has 0 radical (unpaired) electrons. The molecule has 0 fully saturated rings. The fourth-order valence-electron chi connectivity index (χ4n) is 1.47. The van der Waals surface area contributed by atoms with Crippen molar-refractivity contribution in [1.29, 1.82) is 0 Å². The summed E-state index contributed by atoms with van der Waals surface area (Å²) in [5.41, 5.74) is 2.50. The van der Waals surface area contributed by atoms with Crippen LogP contribution < -0.4 is 0 Å². The Labute approximate surface area is 106 Å². The molecule has 2 aromatic rings. The summed E-state index contributed by atoms with van der Waals surface area (Å²) in [5.74, 6) is -0.342. The fraction of sp³-hybridized carbons (Fsp3) is 0.0667. The molecule has 0 saturated heterocycles. The van der Waals surface area contributed by atoms with Crippen LogP contribution in [0.2, 0.25) is 0 Å². The van der Waals surface area contributed by atoms with Crippen LogP contribution in [0.3, 0.4) is 0 Å². The number of ether oxygens (including phenoxy) is 1. The van der Waals surface area contributed by atoms with Crippen LogP contribution in [0.25, 0.3) is 6.08 Å². The van der Waals surface area contributed by atoms with Gasteiger partial charge in [-0.05, 0) is 23.3 Å². The van der Waals surface area contributed by atoms with Crippen LogP contribution in [0, 0.1) is 0 Å². The molecule has 1 heterocycles. The summed E-state index contributed by atoms with van der Waals surface area (Å²) in [4.78, 5) is 15.5. The lowest BCUT2D eigenvalue weighted by atomic mass is 10.1. The average molecular weight is 239 g/mol. The second-order valence-electron chi connectivity index (χ2n) is 3.76. The highest BCUT2D eigenvalue weighted by Gasteiger charge is 2.06. The van der Waals surface area contributed by atoms with Crippen LogP contribution in [0.1, 0.15) is 21.5 Å². The number of carbonyl (C=O) groups excluding carboxylic acids is 1. The highest BCUT2D eigenvalue weighted by Crippen LogP contribution is 2.08. The second kappa shape index (κ2) is 5.77. The molecule has 0 bridgehead atoms. The van der Waals surface area contributed by atoms with Crippen molar-refractivity contribution in [3.05, 3.63) is 72.1 Å². The zero-order valence-electron chi connectivity index (χ0n) is 9.87. The van der Waals surface area contributed by atoms with Crippen molar-refractivity contribution in [3.8, 4) is 0 Å². The smallest absolute Gasteiger partial charge is 0.338 e. The Kier molecular flexibility index (Phi) is 3.86. The summed E-state index contributed by atoms with van der Waals surface area (Å²) in [7, 11) is 0. The van der Waals surface area contributed by atoms with Crippen molar-refractivity contribution in [1.82, 2.24) is 4.98 Å². The molecule has 0 unspecified atom stereocenters. The number of aromatic nitrogens is 1. The first-order chi connectivity index (χ1) is 8.79. The van der Waals surface area contributed by atoms with Gasteiger partial charge in [0.15, 0.2) is 0 Å². The molecule has 18 heavy (non-hydrogen) atoms. The van der Waals surface area contributed by atoms with E-state index in [2.05, 4.69) is 11.6 Å². The Morgan fingerprint density at radius 2 is 1.83 bits per heavy atom. The molecule has 3 heteroatoms. The molecule has 2 rings (SSSR count). The minimum Gasteiger partial charge on any atom is -0.457 e. The van der Waals surface area contributed by atoms with E-state index in [1.807, 2.05) is 24.3 Å². The molecule has 0 aliphatic heterocycles. The van der Waals surface area contributed by atoms with E-state index in [0.717, 1.165) is 11.1 Å². The number of hydrogen-bond donors (Lipinski definition) is 0. The predicted molar refractivity (Wildman–Crippen MR) is 69.9 cm³/mol. The first-order valence-electron chi connectivity index (χ1n) is 5.58. The first-order valence-corrected chi connectivity index (χ1v) is 5.58. The average Bonchev–Trinajstić information content (AvgIpc) is 2.46. The third-order valence-corrected chi connectivity index (χ3v) is 2.50. The maximum absolute atomic E-state index is 11.7. The number of carbonyl (C=O) groups is 1. The molecular weight excluding hydrogens is 226 g/mol. The molecule has 0 aliphatic carbocycles. The zero-order chi connectivity index (χ0) is 12.8. The summed E-state index contributed by atoms with van der Waals surface area (Å²) in [6, 6.07) is 10.9. The minimum atomic E-state index is -0.342. The minimum absolute atomic E-state index is 0.262. The van der Waals surface area contributed by atoms with Crippen molar-refractivity contribution in [2.24, 2.45) is 0 Å². The third-order valence-electron chi connectivity index (χ3n) is 2.50. The zero-order valence-corrected chi connectivity index (χ0v) is 9.87. The number of benzene rings is 1. The highest BCUT2D eigenvalue weighted by molar-refractivity contribution is 5.89. The molecule has 0 N–H and O–H groups in total. The Bertz CT molecular complexity index is 532. The van der Waals surface area contributed by atoms with E-state index >= 15 is 0 Å². The molecule has 0 saturated carbocycles. The molecule has 0 atom stereocenters. The molecule has 90 valence electrons. The van der Waals surface area contributed by atoms with Crippen LogP contribution in [0.5, 0.6) is 0 Å². The molecule has 1 aromatic carbocycles. The Morgan fingerprint density at radius 3 is 2.44 bits per heavy atom. The van der Waals surface area contributed by atoms with Crippen LogP contribution in [0.15, 0.2) is 55.4 Å². The molecule has 0 amide bonds. The van der Waals surface area contributed by atoms with Gasteiger partial charge in [0.25, 0.3) is 0 Å². The largest absolute Gasteiger partial charge is 0.457 e. The van der Waals surface area contributed by atoms with Crippen LogP contribution in [-0.4, -0.2) is 11.0 Å². The fourth-order valence-corrected chi connectivity index (χ4v) is 1.47. The second-order valence-corrected chi connectivity index (χ2v) is 3.76. The number of pyridine rings is 1. The summed E-state index contributed by atoms with van der Waals surface area (Å²) >= 11 is 0. The van der Waals surface area contributed by atoms with Crippen LogP contribution in [-0.2, 0) is 11.3 Å². The van der Waals surface area contributed by atoms with E-state index in [1.54, 1.807) is 30.6 Å². The monoisotopic (exact) mass is 239 g/mol. The van der Waals surface area contributed by atoms with E-state index in [-0.39, 0.29) is 12.6 Å². The maximum atomic E-state index is 11.7. The predicted octanol–water partition coefficient (Wildman–Crippen LogP) is 3.08. The summed E-state index contributed by atoms with van der Waals surface area (Å²) in [6.07, 6.45) is 4.90. The van der Waals surface area contributed by atoms with Gasteiger partial charge in [-0.25, -0.2) is 4.79 Å². The molecule has 1 aromatic heterocycles. The van der Waals surface area contributed by atoms with Gasteiger partial charge < -0.3 is 4.74 Å². The third kappa shape index (κ3) is 3.04. The normalized spacial score (nSPS) is 9.78. The Morgan fingerprint density at radius 1 is 1.17 bits per heavy atom. The van der Waals surface area contributed by atoms with Gasteiger partial charge in [0.1, 0.15) is 6.61 Å². The number of nitrogens with zero attached hydrogens (tertiary/aromatic N) is 1. The van der Waals surface area contributed by atoms with E-state index in [9.17, 15) is 4.79 Å². The van der Waals surface area contributed by atoms with E-state index < -0.39 is 0 Å². The van der Waals surface area contributed by atoms with E-state index in [1.165, 1.54) is 0 Å². The van der Waals surface area contributed by atoms with Gasteiger partial charge in [-0.3, -0.25) is 4.98 Å². The van der Waals surface area contributed by atoms with Gasteiger partial charge in [-0.2, -0.15) is 0 Å². The summed E-state index contributed by atoms with van der Waals surface area (Å²) in [6.45, 7) is 3.95. The maximum Gasteiger partial charge on any atom is 0.338 e. The summed E-state index contributed by atoms with van der Waals surface area (Å²) < 4.78 is 5.20. The number of rotatable bonds is 4. The van der Waals surface area contributed by atoms with Crippen molar-refractivity contribution < 1.29 is 9.53 Å². The lowest BCUT2D eigenvalue weighted by molar-refractivity contribution is 0.0472. The molecule has 0 aliphatic rings. The van der Waals surface area contributed by atoms with E-state index in [4.69, 9.17) is 4.74 Å². The van der Waals surface area contributed by atoms with Gasteiger partial charge in [0.2, 0.25) is 0 Å². The number of esters is 1. The van der Waals surface area contributed by atoms with E-state index in [0.29, 0.717) is 5.56 Å². The SMILES string of the molecule is C=Cc1ccc(COC(=O)c2ccncc2)cc1. The van der Waals surface area contributed by atoms with Crippen LogP contribution in [0.4, 0.5) is 0 Å². The van der Waals surface area contributed by atoms with Crippen LogP contribution >= 0.6 is 0 Å². The quantitative estimate of drug-likeness (QED) is 0.770. The molecular formula is C15H13NO2. The van der Waals surface area contributed by atoms with Gasteiger partial charge in [-0.15, -0.1) is 0 Å². The lowest BCUT2D eigenvalue weighted by Gasteiger charge is -2.05.